The van der Waals surface area contributed by atoms with Gasteiger partial charge in [0.1, 0.15) is 24.2 Å². The SMILES string of the molecule is CCN(CC(=O)N(C)Cc1ccc(C)o1)CC1COc2ccccc2O1. The summed E-state index contributed by atoms with van der Waals surface area (Å²) in [5, 5.41) is 0. The number of nitrogens with zero attached hydrogens (tertiary/aromatic N) is 2. The first-order valence-electron chi connectivity index (χ1n) is 8.95. The van der Waals surface area contributed by atoms with Crippen molar-refractivity contribution in [2.45, 2.75) is 26.5 Å². The van der Waals surface area contributed by atoms with Gasteiger partial charge in [0, 0.05) is 13.6 Å². The highest BCUT2D eigenvalue weighted by Gasteiger charge is 2.24. The zero-order valence-electron chi connectivity index (χ0n) is 15.6. The number of rotatable bonds is 7. The van der Waals surface area contributed by atoms with Gasteiger partial charge in [-0.05, 0) is 37.7 Å². The molecule has 1 unspecified atom stereocenters. The Bertz CT molecular complexity index is 743. The van der Waals surface area contributed by atoms with Crippen molar-refractivity contribution in [2.75, 3.05) is 33.3 Å². The molecule has 0 aliphatic carbocycles. The van der Waals surface area contributed by atoms with Crippen molar-refractivity contribution in [3.05, 3.63) is 47.9 Å². The molecule has 1 atom stereocenters. The van der Waals surface area contributed by atoms with E-state index in [-0.39, 0.29) is 12.0 Å². The molecule has 2 heterocycles. The minimum atomic E-state index is -0.0873. The van der Waals surface area contributed by atoms with Gasteiger partial charge in [0.2, 0.25) is 5.91 Å². The third-order valence-corrected chi connectivity index (χ3v) is 4.45. The van der Waals surface area contributed by atoms with Crippen LogP contribution < -0.4 is 9.47 Å². The number of likely N-dealkylation sites (N-methyl/N-ethyl adjacent to an activating group) is 2. The fourth-order valence-corrected chi connectivity index (χ4v) is 2.95. The summed E-state index contributed by atoms with van der Waals surface area (Å²) in [4.78, 5) is 16.3. The van der Waals surface area contributed by atoms with Crippen molar-refractivity contribution in [3.8, 4) is 11.5 Å². The number of ether oxygens (including phenoxy) is 2. The Morgan fingerprint density at radius 3 is 2.65 bits per heavy atom. The number of benzene rings is 1. The van der Waals surface area contributed by atoms with Crippen LogP contribution in [0.1, 0.15) is 18.4 Å². The van der Waals surface area contributed by atoms with Crippen LogP contribution >= 0.6 is 0 Å². The van der Waals surface area contributed by atoms with Crippen LogP contribution in [0.3, 0.4) is 0 Å². The highest BCUT2D eigenvalue weighted by molar-refractivity contribution is 5.77. The molecule has 0 saturated heterocycles. The van der Waals surface area contributed by atoms with Gasteiger partial charge >= 0.3 is 0 Å². The number of carbonyl (C=O) groups is 1. The maximum atomic E-state index is 12.5. The van der Waals surface area contributed by atoms with E-state index < -0.39 is 0 Å². The van der Waals surface area contributed by atoms with Crippen molar-refractivity contribution in [3.63, 3.8) is 0 Å². The molecular weight excluding hydrogens is 332 g/mol. The molecule has 0 spiro atoms. The van der Waals surface area contributed by atoms with E-state index in [1.807, 2.05) is 50.2 Å². The van der Waals surface area contributed by atoms with Gasteiger partial charge < -0.3 is 18.8 Å². The molecule has 0 N–H and O–H groups in total. The monoisotopic (exact) mass is 358 g/mol. The minimum absolute atomic E-state index is 0.0537. The van der Waals surface area contributed by atoms with Gasteiger partial charge in [0.05, 0.1) is 13.1 Å². The van der Waals surface area contributed by atoms with Crippen LogP contribution in [0.15, 0.2) is 40.8 Å². The molecule has 0 saturated carbocycles. The summed E-state index contributed by atoms with van der Waals surface area (Å²) in [6, 6.07) is 11.5. The average Bonchev–Trinajstić information content (AvgIpc) is 3.05. The minimum Gasteiger partial charge on any atom is -0.486 e. The zero-order valence-corrected chi connectivity index (χ0v) is 15.6. The highest BCUT2D eigenvalue weighted by atomic mass is 16.6. The van der Waals surface area contributed by atoms with Crippen LogP contribution in [0.4, 0.5) is 0 Å². The molecular formula is C20H26N2O4. The van der Waals surface area contributed by atoms with Crippen molar-refractivity contribution < 1.29 is 18.7 Å². The average molecular weight is 358 g/mol. The Kier molecular flexibility index (Phi) is 5.83. The van der Waals surface area contributed by atoms with Crippen LogP contribution in [0.2, 0.25) is 0 Å². The van der Waals surface area contributed by atoms with Crippen LogP contribution in [0, 0.1) is 6.92 Å². The van der Waals surface area contributed by atoms with E-state index in [0.29, 0.717) is 26.2 Å². The molecule has 0 radical (unpaired) electrons. The summed E-state index contributed by atoms with van der Waals surface area (Å²) in [7, 11) is 1.80. The summed E-state index contributed by atoms with van der Waals surface area (Å²) in [6.45, 7) is 6.65. The van der Waals surface area contributed by atoms with Crippen LogP contribution in [-0.4, -0.2) is 55.1 Å². The molecule has 1 amide bonds. The molecule has 0 fully saturated rings. The molecule has 1 aromatic carbocycles. The van der Waals surface area contributed by atoms with Crippen LogP contribution in [-0.2, 0) is 11.3 Å². The third-order valence-electron chi connectivity index (χ3n) is 4.45. The lowest BCUT2D eigenvalue weighted by molar-refractivity contribution is -0.132. The first kappa shape index (κ1) is 18.3. The van der Waals surface area contributed by atoms with Gasteiger partial charge in [-0.3, -0.25) is 9.69 Å². The number of aryl methyl sites for hydroxylation is 1. The van der Waals surface area contributed by atoms with E-state index in [0.717, 1.165) is 29.6 Å². The smallest absolute Gasteiger partial charge is 0.236 e. The predicted octanol–water partition coefficient (Wildman–Crippen LogP) is 2.71. The van der Waals surface area contributed by atoms with Gasteiger partial charge in [-0.15, -0.1) is 0 Å². The van der Waals surface area contributed by atoms with Crippen molar-refractivity contribution in [2.24, 2.45) is 0 Å². The van der Waals surface area contributed by atoms with Gasteiger partial charge in [0.25, 0.3) is 0 Å². The fraction of sp³-hybridized carbons (Fsp3) is 0.450. The Morgan fingerprint density at radius 2 is 1.96 bits per heavy atom. The summed E-state index contributed by atoms with van der Waals surface area (Å²) in [5.74, 6) is 3.23. The molecule has 1 aliphatic heterocycles. The van der Waals surface area contributed by atoms with Gasteiger partial charge in [-0.25, -0.2) is 0 Å². The van der Waals surface area contributed by atoms with Crippen LogP contribution in [0.5, 0.6) is 11.5 Å². The van der Waals surface area contributed by atoms with Crippen molar-refractivity contribution in [1.29, 1.82) is 0 Å². The van der Waals surface area contributed by atoms with Crippen molar-refractivity contribution >= 4 is 5.91 Å². The van der Waals surface area contributed by atoms with E-state index >= 15 is 0 Å². The van der Waals surface area contributed by atoms with E-state index in [4.69, 9.17) is 13.9 Å². The molecule has 1 aliphatic rings. The lowest BCUT2D eigenvalue weighted by Crippen LogP contribution is -2.45. The maximum absolute atomic E-state index is 12.5. The lowest BCUT2D eigenvalue weighted by Gasteiger charge is -2.31. The summed E-state index contributed by atoms with van der Waals surface area (Å²) in [5.41, 5.74) is 0. The molecule has 6 heteroatoms. The number of fused-ring (bicyclic) bond motifs is 1. The van der Waals surface area contributed by atoms with E-state index in [1.54, 1.807) is 11.9 Å². The fourth-order valence-electron chi connectivity index (χ4n) is 2.95. The lowest BCUT2D eigenvalue weighted by atomic mass is 10.2. The first-order valence-corrected chi connectivity index (χ1v) is 8.95. The molecule has 6 nitrogen and oxygen atoms in total. The number of hydrogen-bond donors (Lipinski definition) is 0. The van der Waals surface area contributed by atoms with Crippen LogP contribution in [0.25, 0.3) is 0 Å². The highest BCUT2D eigenvalue weighted by Crippen LogP contribution is 2.31. The maximum Gasteiger partial charge on any atom is 0.236 e. The van der Waals surface area contributed by atoms with E-state index in [2.05, 4.69) is 4.90 Å². The van der Waals surface area contributed by atoms with Gasteiger partial charge in [-0.1, -0.05) is 19.1 Å². The third kappa shape index (κ3) is 4.58. The Morgan fingerprint density at radius 1 is 1.19 bits per heavy atom. The Balaban J connectivity index is 1.51. The summed E-state index contributed by atoms with van der Waals surface area (Å²) < 4.78 is 17.3. The van der Waals surface area contributed by atoms with Gasteiger partial charge in [0.15, 0.2) is 11.5 Å². The molecule has 0 bridgehead atoms. The molecule has 3 rings (SSSR count). The van der Waals surface area contributed by atoms with E-state index in [1.165, 1.54) is 0 Å². The molecule has 140 valence electrons. The molecule has 1 aromatic heterocycles. The summed E-state index contributed by atoms with van der Waals surface area (Å²) >= 11 is 0. The topological polar surface area (TPSA) is 55.2 Å². The summed E-state index contributed by atoms with van der Waals surface area (Å²) in [6.07, 6.45) is -0.0873. The number of carbonyl (C=O) groups excluding carboxylic acids is 1. The normalized spacial score (nSPS) is 15.9. The predicted molar refractivity (Wildman–Crippen MR) is 98.4 cm³/mol. The molecule has 2 aromatic rings. The standard InChI is InChI=1S/C20H26N2O4/c1-4-22(12-17-14-24-18-7-5-6-8-19(18)26-17)13-20(23)21(3)11-16-10-9-15(2)25-16/h5-10,17H,4,11-14H2,1-3H3. The second kappa shape index (κ2) is 8.27. The number of amides is 1. The second-order valence-electron chi connectivity index (χ2n) is 6.59. The zero-order chi connectivity index (χ0) is 18.5. The number of para-hydroxylation sites is 2. The second-order valence-corrected chi connectivity index (χ2v) is 6.59. The molecule has 26 heavy (non-hydrogen) atoms. The van der Waals surface area contributed by atoms with E-state index in [9.17, 15) is 4.79 Å². The number of furan rings is 1. The first-order chi connectivity index (χ1) is 12.5. The Labute approximate surface area is 154 Å². The Hall–Kier alpha value is -2.47. The van der Waals surface area contributed by atoms with Crippen molar-refractivity contribution in [1.82, 2.24) is 9.80 Å². The number of hydrogen-bond acceptors (Lipinski definition) is 5. The quantitative estimate of drug-likeness (QED) is 0.762. The largest absolute Gasteiger partial charge is 0.486 e. The van der Waals surface area contributed by atoms with Gasteiger partial charge in [-0.2, -0.15) is 0 Å².